The first kappa shape index (κ1) is 15.0. The predicted octanol–water partition coefficient (Wildman–Crippen LogP) is 1.23. The molecule has 0 unspecified atom stereocenters. The summed E-state index contributed by atoms with van der Waals surface area (Å²) < 4.78 is 26.4. The van der Waals surface area contributed by atoms with Crippen molar-refractivity contribution in [3.05, 3.63) is 35.4 Å². The zero-order chi connectivity index (χ0) is 14.6. The number of aliphatic hydroxyl groups excluding tert-OH is 1. The van der Waals surface area contributed by atoms with Crippen LogP contribution in [0.4, 0.5) is 0 Å². The summed E-state index contributed by atoms with van der Waals surface area (Å²) in [5.74, 6) is -0.187. The largest absolute Gasteiger partial charge is 0.395 e. The third kappa shape index (κ3) is 3.18. The Balaban J connectivity index is 2.22. The highest BCUT2D eigenvalue weighted by Gasteiger charge is 2.33. The Labute approximate surface area is 119 Å². The van der Waals surface area contributed by atoms with Gasteiger partial charge in [0, 0.05) is 12.6 Å². The highest BCUT2D eigenvalue weighted by Crippen LogP contribution is 2.28. The summed E-state index contributed by atoms with van der Waals surface area (Å²) in [6.45, 7) is -0.0582. The van der Waals surface area contributed by atoms with Gasteiger partial charge in [-0.1, -0.05) is 24.6 Å². The average molecular weight is 294 g/mol. The molecule has 0 atom stereocenters. The smallest absolute Gasteiger partial charge is 0.218 e. The van der Waals surface area contributed by atoms with Crippen molar-refractivity contribution < 1.29 is 13.5 Å². The highest BCUT2D eigenvalue weighted by molar-refractivity contribution is 7.88. The van der Waals surface area contributed by atoms with Crippen molar-refractivity contribution >= 4 is 10.0 Å². The molecule has 20 heavy (non-hydrogen) atoms. The molecular formula is C14H18N2O3S. The van der Waals surface area contributed by atoms with E-state index in [-0.39, 0.29) is 24.9 Å². The molecular weight excluding hydrogens is 276 g/mol. The minimum Gasteiger partial charge on any atom is -0.395 e. The van der Waals surface area contributed by atoms with Gasteiger partial charge in [0.05, 0.1) is 24.0 Å². The second kappa shape index (κ2) is 6.35. The van der Waals surface area contributed by atoms with Crippen molar-refractivity contribution in [2.75, 3.05) is 13.2 Å². The summed E-state index contributed by atoms with van der Waals surface area (Å²) in [6.07, 6.45) is 2.72. The number of hydrogen-bond acceptors (Lipinski definition) is 4. The first-order chi connectivity index (χ1) is 9.58. The summed E-state index contributed by atoms with van der Waals surface area (Å²) in [4.78, 5) is 0. The first-order valence-corrected chi connectivity index (χ1v) is 8.28. The van der Waals surface area contributed by atoms with E-state index in [4.69, 9.17) is 10.4 Å². The van der Waals surface area contributed by atoms with Gasteiger partial charge in [0.2, 0.25) is 10.0 Å². The van der Waals surface area contributed by atoms with Crippen molar-refractivity contribution in [1.82, 2.24) is 4.31 Å². The molecule has 0 aromatic heterocycles. The molecule has 0 radical (unpaired) electrons. The maximum absolute atomic E-state index is 12.5. The Morgan fingerprint density at radius 2 is 2.05 bits per heavy atom. The molecule has 1 aliphatic rings. The third-order valence-corrected chi connectivity index (χ3v) is 5.51. The molecule has 1 aliphatic carbocycles. The maximum atomic E-state index is 12.5. The molecule has 108 valence electrons. The van der Waals surface area contributed by atoms with Gasteiger partial charge in [-0.25, -0.2) is 8.42 Å². The fourth-order valence-electron chi connectivity index (χ4n) is 2.36. The topological polar surface area (TPSA) is 81.4 Å². The van der Waals surface area contributed by atoms with Gasteiger partial charge in [-0.15, -0.1) is 0 Å². The van der Waals surface area contributed by atoms with Crippen molar-refractivity contribution in [3.8, 4) is 6.07 Å². The van der Waals surface area contributed by atoms with Crippen LogP contribution in [0.25, 0.3) is 0 Å². The number of benzene rings is 1. The number of aliphatic hydroxyl groups is 1. The number of nitrogens with zero attached hydrogens (tertiary/aromatic N) is 2. The Bertz CT molecular complexity index is 603. The molecule has 1 aromatic rings. The molecule has 1 fully saturated rings. The minimum absolute atomic E-state index is 0.00129. The Hall–Kier alpha value is -1.42. The van der Waals surface area contributed by atoms with E-state index in [0.717, 1.165) is 19.3 Å². The van der Waals surface area contributed by atoms with E-state index in [9.17, 15) is 8.42 Å². The van der Waals surface area contributed by atoms with Crippen LogP contribution in [-0.2, 0) is 15.8 Å². The van der Waals surface area contributed by atoms with Crippen LogP contribution in [0.15, 0.2) is 24.3 Å². The second-order valence-corrected chi connectivity index (χ2v) is 6.87. The number of sulfonamides is 1. The molecule has 0 aliphatic heterocycles. The van der Waals surface area contributed by atoms with Crippen LogP contribution in [0.5, 0.6) is 0 Å². The summed E-state index contributed by atoms with van der Waals surface area (Å²) in [5, 5.41) is 18.1. The first-order valence-electron chi connectivity index (χ1n) is 6.67. The highest BCUT2D eigenvalue weighted by atomic mass is 32.2. The van der Waals surface area contributed by atoms with Crippen molar-refractivity contribution in [2.45, 2.75) is 31.1 Å². The zero-order valence-electron chi connectivity index (χ0n) is 11.2. The average Bonchev–Trinajstić information content (AvgIpc) is 2.36. The van der Waals surface area contributed by atoms with Crippen molar-refractivity contribution in [3.63, 3.8) is 0 Å². The summed E-state index contributed by atoms with van der Waals surface area (Å²) in [5.41, 5.74) is 0.894. The van der Waals surface area contributed by atoms with E-state index in [1.165, 1.54) is 4.31 Å². The fraction of sp³-hybridized carbons (Fsp3) is 0.500. The quantitative estimate of drug-likeness (QED) is 0.855. The Kier molecular flexibility index (Phi) is 4.76. The molecule has 5 nitrogen and oxygen atoms in total. The van der Waals surface area contributed by atoms with Gasteiger partial charge >= 0.3 is 0 Å². The van der Waals surface area contributed by atoms with Crippen LogP contribution in [0.3, 0.4) is 0 Å². The van der Waals surface area contributed by atoms with Crippen molar-refractivity contribution in [1.29, 1.82) is 5.26 Å². The van der Waals surface area contributed by atoms with Crippen LogP contribution in [-0.4, -0.2) is 37.0 Å². The number of nitriles is 1. The minimum atomic E-state index is -3.51. The summed E-state index contributed by atoms with van der Waals surface area (Å²) in [7, 11) is -3.51. The molecule has 0 amide bonds. The zero-order valence-corrected chi connectivity index (χ0v) is 12.0. The molecule has 0 bridgehead atoms. The normalized spacial score (nSPS) is 15.8. The third-order valence-electron chi connectivity index (χ3n) is 3.64. The molecule has 1 aromatic carbocycles. The monoisotopic (exact) mass is 294 g/mol. The molecule has 0 spiro atoms. The van der Waals surface area contributed by atoms with Crippen LogP contribution >= 0.6 is 0 Å². The lowest BCUT2D eigenvalue weighted by molar-refractivity contribution is 0.178. The van der Waals surface area contributed by atoms with E-state index in [1.54, 1.807) is 24.3 Å². The van der Waals surface area contributed by atoms with Gasteiger partial charge in [-0.2, -0.15) is 9.57 Å². The number of hydrogen-bond donors (Lipinski definition) is 1. The van der Waals surface area contributed by atoms with Gasteiger partial charge in [-0.3, -0.25) is 0 Å². The van der Waals surface area contributed by atoms with Gasteiger partial charge < -0.3 is 5.11 Å². The molecule has 0 saturated heterocycles. The molecule has 1 N–H and O–H groups in total. The summed E-state index contributed by atoms with van der Waals surface area (Å²) >= 11 is 0. The SMILES string of the molecule is N#Cc1ccccc1CS(=O)(=O)N(CCO)C1CCC1. The Morgan fingerprint density at radius 1 is 1.35 bits per heavy atom. The standard InChI is InChI=1S/C14H18N2O3S/c15-10-12-4-1-2-5-13(12)11-20(18,19)16(8-9-17)14-6-3-7-14/h1-2,4-5,14,17H,3,6-9,11H2. The lowest BCUT2D eigenvalue weighted by Crippen LogP contribution is -2.46. The number of rotatable bonds is 6. The van der Waals surface area contributed by atoms with Gasteiger partial charge in [0.1, 0.15) is 0 Å². The lowest BCUT2D eigenvalue weighted by atomic mass is 9.93. The van der Waals surface area contributed by atoms with E-state index < -0.39 is 10.0 Å². The molecule has 1 saturated carbocycles. The lowest BCUT2D eigenvalue weighted by Gasteiger charge is -2.36. The van der Waals surface area contributed by atoms with Gasteiger partial charge in [-0.05, 0) is 24.5 Å². The predicted molar refractivity (Wildman–Crippen MR) is 75.2 cm³/mol. The van der Waals surface area contributed by atoms with Crippen LogP contribution in [0.2, 0.25) is 0 Å². The van der Waals surface area contributed by atoms with Crippen LogP contribution < -0.4 is 0 Å². The molecule has 0 heterocycles. The van der Waals surface area contributed by atoms with E-state index in [1.807, 2.05) is 6.07 Å². The van der Waals surface area contributed by atoms with E-state index >= 15 is 0 Å². The summed E-state index contributed by atoms with van der Waals surface area (Å²) in [6, 6.07) is 8.73. The van der Waals surface area contributed by atoms with E-state index in [0.29, 0.717) is 11.1 Å². The van der Waals surface area contributed by atoms with Gasteiger partial charge in [0.15, 0.2) is 0 Å². The van der Waals surface area contributed by atoms with Crippen LogP contribution in [0, 0.1) is 11.3 Å². The molecule has 6 heteroatoms. The molecule has 2 rings (SSSR count). The van der Waals surface area contributed by atoms with E-state index in [2.05, 4.69) is 0 Å². The second-order valence-electron chi connectivity index (χ2n) is 4.94. The van der Waals surface area contributed by atoms with Gasteiger partial charge in [0.25, 0.3) is 0 Å². The fourth-order valence-corrected chi connectivity index (χ4v) is 4.19. The maximum Gasteiger partial charge on any atom is 0.218 e. The Morgan fingerprint density at radius 3 is 2.60 bits per heavy atom. The van der Waals surface area contributed by atoms with Crippen molar-refractivity contribution in [2.24, 2.45) is 0 Å². The van der Waals surface area contributed by atoms with Crippen LogP contribution in [0.1, 0.15) is 30.4 Å².